The van der Waals surface area contributed by atoms with Gasteiger partial charge in [-0.05, 0) is 62.8 Å². The molecular formula is C23H25N3O. The van der Waals surface area contributed by atoms with Gasteiger partial charge in [0, 0.05) is 47.8 Å². The van der Waals surface area contributed by atoms with Crippen LogP contribution < -0.4 is 0 Å². The van der Waals surface area contributed by atoms with Crippen molar-refractivity contribution in [2.45, 2.75) is 58.4 Å². The number of rotatable bonds is 7. The van der Waals surface area contributed by atoms with E-state index >= 15 is 0 Å². The minimum atomic E-state index is 0.282. The second-order valence-corrected chi connectivity index (χ2v) is 7.51. The lowest BCUT2D eigenvalue weighted by atomic mass is 10.00. The molecule has 0 spiro atoms. The van der Waals surface area contributed by atoms with E-state index in [0.717, 1.165) is 46.6 Å². The molecule has 138 valence electrons. The monoisotopic (exact) mass is 359 g/mol. The molecule has 4 nitrogen and oxygen atoms in total. The van der Waals surface area contributed by atoms with Gasteiger partial charge >= 0.3 is 0 Å². The number of carbonyl (C=O) groups excluding carboxylic acids is 1. The summed E-state index contributed by atoms with van der Waals surface area (Å²) >= 11 is 0. The third-order valence-electron chi connectivity index (χ3n) is 5.35. The average Bonchev–Trinajstić information content (AvgIpc) is 3.31. The topological polar surface area (TPSA) is 55.2 Å². The number of pyridine rings is 2. The van der Waals surface area contributed by atoms with E-state index in [2.05, 4.69) is 27.1 Å². The Kier molecular flexibility index (Phi) is 5.23. The van der Waals surface area contributed by atoms with Crippen LogP contribution in [0.5, 0.6) is 0 Å². The van der Waals surface area contributed by atoms with Crippen LogP contribution in [0.2, 0.25) is 0 Å². The minimum Gasteiger partial charge on any atom is -0.299 e. The molecule has 0 N–H and O–H groups in total. The van der Waals surface area contributed by atoms with E-state index < -0.39 is 0 Å². The number of Topliss-reactive ketones (excluding diaryl/α,β-unsaturated/α-hetero) is 1. The highest BCUT2D eigenvalue weighted by Crippen LogP contribution is 2.24. The second-order valence-electron chi connectivity index (χ2n) is 7.51. The Balaban J connectivity index is 1.37. The molecule has 0 radical (unpaired) electrons. The average molecular weight is 359 g/mol. The largest absolute Gasteiger partial charge is 0.299 e. The highest BCUT2D eigenvalue weighted by Gasteiger charge is 2.19. The fourth-order valence-electron chi connectivity index (χ4n) is 3.94. The van der Waals surface area contributed by atoms with Crippen molar-refractivity contribution in [1.82, 2.24) is 9.97 Å². The van der Waals surface area contributed by atoms with Gasteiger partial charge in [-0.3, -0.25) is 19.8 Å². The van der Waals surface area contributed by atoms with E-state index in [4.69, 9.17) is 0 Å². The third-order valence-corrected chi connectivity index (χ3v) is 5.35. The smallest absolute Gasteiger partial charge is 0.138 e. The van der Waals surface area contributed by atoms with Gasteiger partial charge in [0.05, 0.1) is 12.3 Å². The molecule has 1 aliphatic carbocycles. The molecule has 0 unspecified atom stereocenters. The lowest BCUT2D eigenvalue weighted by molar-refractivity contribution is -0.118. The molecule has 0 atom stereocenters. The van der Waals surface area contributed by atoms with Gasteiger partial charge < -0.3 is 0 Å². The molecule has 2 aromatic rings. The number of aromatic nitrogens is 2. The number of allylic oxidation sites excluding steroid dienone is 2. The number of carbonyl (C=O) groups is 1. The van der Waals surface area contributed by atoms with E-state index in [9.17, 15) is 4.79 Å². The Bertz CT molecular complexity index is 927. The van der Waals surface area contributed by atoms with E-state index in [0.29, 0.717) is 19.4 Å². The highest BCUT2D eigenvalue weighted by atomic mass is 16.1. The van der Waals surface area contributed by atoms with Crippen LogP contribution >= 0.6 is 0 Å². The third kappa shape index (κ3) is 4.21. The summed E-state index contributed by atoms with van der Waals surface area (Å²) in [5.41, 5.74) is 7.67. The molecule has 0 saturated heterocycles. The predicted octanol–water partition coefficient (Wildman–Crippen LogP) is 4.53. The Labute approximate surface area is 160 Å². The first-order chi connectivity index (χ1) is 13.2. The van der Waals surface area contributed by atoms with Crippen LogP contribution in [0.1, 0.15) is 66.6 Å². The van der Waals surface area contributed by atoms with Gasteiger partial charge in [-0.1, -0.05) is 11.6 Å². The van der Waals surface area contributed by atoms with Gasteiger partial charge in [0.15, 0.2) is 0 Å². The Morgan fingerprint density at radius 1 is 1.22 bits per heavy atom. The van der Waals surface area contributed by atoms with Crippen LogP contribution in [0.4, 0.5) is 0 Å². The molecule has 0 bridgehead atoms. The number of hydrogen-bond acceptors (Lipinski definition) is 4. The summed E-state index contributed by atoms with van der Waals surface area (Å²) in [5, 5.41) is 0. The van der Waals surface area contributed by atoms with Crippen LogP contribution in [0.25, 0.3) is 0 Å². The molecule has 0 fully saturated rings. The lowest BCUT2D eigenvalue weighted by Crippen LogP contribution is -2.07. The van der Waals surface area contributed by atoms with Gasteiger partial charge in [0.2, 0.25) is 0 Å². The van der Waals surface area contributed by atoms with Gasteiger partial charge in [0.1, 0.15) is 5.78 Å². The maximum Gasteiger partial charge on any atom is 0.138 e. The maximum absolute atomic E-state index is 12.3. The molecule has 4 rings (SSSR count). The number of fused-ring (bicyclic) bond motifs is 1. The molecule has 3 heterocycles. The van der Waals surface area contributed by atoms with Crippen LogP contribution in [-0.2, 0) is 17.8 Å². The summed E-state index contributed by atoms with van der Waals surface area (Å²) in [4.78, 5) is 25.8. The maximum atomic E-state index is 12.3. The van der Waals surface area contributed by atoms with Gasteiger partial charge in [-0.25, -0.2) is 0 Å². The van der Waals surface area contributed by atoms with E-state index in [1.165, 1.54) is 24.8 Å². The fourth-order valence-corrected chi connectivity index (χ4v) is 3.94. The molecule has 4 heteroatoms. The van der Waals surface area contributed by atoms with E-state index in [-0.39, 0.29) is 5.78 Å². The van der Waals surface area contributed by atoms with Crippen LogP contribution in [0.15, 0.2) is 47.2 Å². The first kappa shape index (κ1) is 17.8. The van der Waals surface area contributed by atoms with Crippen LogP contribution in [0, 0.1) is 6.92 Å². The van der Waals surface area contributed by atoms with Crippen molar-refractivity contribution in [3.63, 3.8) is 0 Å². The van der Waals surface area contributed by atoms with Crippen molar-refractivity contribution in [2.24, 2.45) is 4.99 Å². The Morgan fingerprint density at radius 2 is 2.15 bits per heavy atom. The van der Waals surface area contributed by atoms with Crippen molar-refractivity contribution >= 4 is 11.5 Å². The normalized spacial score (nSPS) is 15.4. The number of aliphatic imine (C=N–C) groups is 1. The summed E-state index contributed by atoms with van der Waals surface area (Å²) in [6, 6.07) is 6.08. The molecule has 0 amide bonds. The zero-order chi connectivity index (χ0) is 18.6. The lowest BCUT2D eigenvalue weighted by Gasteiger charge is -2.07. The predicted molar refractivity (Wildman–Crippen MR) is 107 cm³/mol. The standard InChI is InChI=1S/C23H25N3O/c1-16-11-18(9-10-24-16)23-22-15-25-20(12-19(22)14-26-23)13-21(27)8-4-7-17-5-2-3-6-17/h5,9-12,15H,2-4,6-8,13-14H2,1H3. The molecule has 2 aromatic heterocycles. The van der Waals surface area contributed by atoms with Gasteiger partial charge in [0.25, 0.3) is 0 Å². The Hall–Kier alpha value is -2.62. The minimum absolute atomic E-state index is 0.282. The number of hydrogen-bond donors (Lipinski definition) is 0. The quantitative estimate of drug-likeness (QED) is 0.683. The fraction of sp³-hybridized carbons (Fsp3) is 0.391. The highest BCUT2D eigenvalue weighted by molar-refractivity contribution is 6.15. The zero-order valence-electron chi connectivity index (χ0n) is 15.9. The van der Waals surface area contributed by atoms with Crippen LogP contribution in [-0.4, -0.2) is 21.5 Å². The molecule has 0 saturated carbocycles. The summed E-state index contributed by atoms with van der Waals surface area (Å²) < 4.78 is 0. The van der Waals surface area contributed by atoms with Crippen LogP contribution in [0.3, 0.4) is 0 Å². The molecule has 1 aliphatic heterocycles. The first-order valence-electron chi connectivity index (χ1n) is 9.84. The van der Waals surface area contributed by atoms with Crippen molar-refractivity contribution in [3.05, 3.63) is 70.3 Å². The van der Waals surface area contributed by atoms with Crippen molar-refractivity contribution < 1.29 is 4.79 Å². The number of nitrogens with zero attached hydrogens (tertiary/aromatic N) is 3. The summed E-state index contributed by atoms with van der Waals surface area (Å²) in [6.45, 7) is 2.64. The molecule has 27 heavy (non-hydrogen) atoms. The summed E-state index contributed by atoms with van der Waals surface area (Å²) in [5.74, 6) is 0.282. The summed E-state index contributed by atoms with van der Waals surface area (Å²) in [7, 11) is 0. The number of ketones is 1. The molecule has 2 aliphatic rings. The van der Waals surface area contributed by atoms with E-state index in [1.54, 1.807) is 0 Å². The second kappa shape index (κ2) is 7.95. The zero-order valence-corrected chi connectivity index (χ0v) is 15.9. The SMILES string of the molecule is Cc1cc(C2=NCc3cc(CC(=O)CCCC4=CCCC4)ncc32)ccn1. The van der Waals surface area contributed by atoms with Gasteiger partial charge in [-0.2, -0.15) is 0 Å². The summed E-state index contributed by atoms with van der Waals surface area (Å²) in [6.07, 6.45) is 12.9. The first-order valence-corrected chi connectivity index (χ1v) is 9.84. The van der Waals surface area contributed by atoms with Crippen molar-refractivity contribution in [3.8, 4) is 0 Å². The van der Waals surface area contributed by atoms with E-state index in [1.807, 2.05) is 31.5 Å². The van der Waals surface area contributed by atoms with Crippen molar-refractivity contribution in [2.75, 3.05) is 0 Å². The van der Waals surface area contributed by atoms with Gasteiger partial charge in [-0.15, -0.1) is 0 Å². The molecular weight excluding hydrogens is 334 g/mol. The number of aryl methyl sites for hydroxylation is 1. The van der Waals surface area contributed by atoms with Crippen molar-refractivity contribution in [1.29, 1.82) is 0 Å². The Morgan fingerprint density at radius 3 is 2.96 bits per heavy atom. The molecule has 0 aromatic carbocycles.